The Hall–Kier alpha value is -2.85. The van der Waals surface area contributed by atoms with Crippen molar-refractivity contribution < 1.29 is 0 Å². The molecule has 0 aliphatic carbocycles. The van der Waals surface area contributed by atoms with Gasteiger partial charge >= 0.3 is 0 Å². The number of benzene rings is 1. The predicted molar refractivity (Wildman–Crippen MR) is 130 cm³/mol. The van der Waals surface area contributed by atoms with Crippen molar-refractivity contribution in [3.8, 4) is 0 Å². The molecule has 4 heterocycles. The summed E-state index contributed by atoms with van der Waals surface area (Å²) in [4.78, 5) is 41.9. The summed E-state index contributed by atoms with van der Waals surface area (Å²) >= 11 is 8.76. The third kappa shape index (κ3) is 4.51. The lowest BCUT2D eigenvalue weighted by molar-refractivity contribution is 0.247. The van der Waals surface area contributed by atoms with Crippen LogP contribution in [0.3, 0.4) is 0 Å². The first-order chi connectivity index (χ1) is 15.5. The van der Waals surface area contributed by atoms with Crippen molar-refractivity contribution >= 4 is 54.7 Å². The van der Waals surface area contributed by atoms with Crippen LogP contribution >= 0.6 is 34.3 Å². The molecule has 10 heteroatoms. The van der Waals surface area contributed by atoms with E-state index in [1.165, 1.54) is 22.7 Å². The molecule has 1 aromatic carbocycles. The van der Waals surface area contributed by atoms with Gasteiger partial charge in [0.05, 0.1) is 24.1 Å². The van der Waals surface area contributed by atoms with Crippen LogP contribution in [-0.4, -0.2) is 31.4 Å². The number of nitrogens with one attached hydrogen (secondary N) is 2. The first kappa shape index (κ1) is 21.0. The van der Waals surface area contributed by atoms with E-state index in [1.807, 2.05) is 47.2 Å². The molecular weight excluding hydrogens is 466 g/mol. The SMILES string of the molecule is O=c1[nH]c(CN(CCc2ccc(Cl)cc2)Cc2nc3ccsc3c(=O)[nH]2)nc2ccsc12. The quantitative estimate of drug-likeness (QED) is 0.362. The molecule has 0 spiro atoms. The topological polar surface area (TPSA) is 94.7 Å². The maximum absolute atomic E-state index is 12.4. The molecule has 5 rings (SSSR count). The minimum absolute atomic E-state index is 0.135. The highest BCUT2D eigenvalue weighted by molar-refractivity contribution is 7.17. The highest BCUT2D eigenvalue weighted by atomic mass is 35.5. The molecule has 0 bridgehead atoms. The van der Waals surface area contributed by atoms with Crippen LogP contribution in [0.2, 0.25) is 5.02 Å². The third-order valence-electron chi connectivity index (χ3n) is 5.10. The average molecular weight is 484 g/mol. The molecule has 0 saturated carbocycles. The molecule has 0 amide bonds. The number of nitrogens with zero attached hydrogens (tertiary/aromatic N) is 3. The summed E-state index contributed by atoms with van der Waals surface area (Å²) in [5.74, 6) is 1.16. The lowest BCUT2D eigenvalue weighted by Crippen LogP contribution is -2.29. The molecule has 0 unspecified atom stereocenters. The third-order valence-corrected chi connectivity index (χ3v) is 7.16. The summed E-state index contributed by atoms with van der Waals surface area (Å²) in [6, 6.07) is 11.4. The Bertz CT molecular complexity index is 1410. The summed E-state index contributed by atoms with van der Waals surface area (Å²) in [6.07, 6.45) is 0.771. The fraction of sp³-hybridized carbons (Fsp3) is 0.182. The minimum Gasteiger partial charge on any atom is -0.308 e. The van der Waals surface area contributed by atoms with Crippen molar-refractivity contribution in [2.75, 3.05) is 6.54 Å². The van der Waals surface area contributed by atoms with Crippen molar-refractivity contribution in [3.63, 3.8) is 0 Å². The second-order valence-electron chi connectivity index (χ2n) is 7.38. The van der Waals surface area contributed by atoms with Gasteiger partial charge in [0, 0.05) is 11.6 Å². The number of rotatable bonds is 7. The first-order valence-corrected chi connectivity index (χ1v) is 12.1. The van der Waals surface area contributed by atoms with Crippen molar-refractivity contribution in [1.29, 1.82) is 0 Å². The van der Waals surface area contributed by atoms with Crippen LogP contribution in [0.1, 0.15) is 17.2 Å². The zero-order valence-electron chi connectivity index (χ0n) is 16.8. The van der Waals surface area contributed by atoms with Crippen LogP contribution in [0.5, 0.6) is 0 Å². The van der Waals surface area contributed by atoms with Crippen LogP contribution in [0, 0.1) is 0 Å². The number of hydrogen-bond acceptors (Lipinski definition) is 7. The summed E-state index contributed by atoms with van der Waals surface area (Å²) < 4.78 is 1.24. The number of hydrogen-bond donors (Lipinski definition) is 2. The highest BCUT2D eigenvalue weighted by Gasteiger charge is 2.14. The lowest BCUT2D eigenvalue weighted by atomic mass is 10.1. The average Bonchev–Trinajstić information content (AvgIpc) is 3.43. The second kappa shape index (κ2) is 8.95. The summed E-state index contributed by atoms with van der Waals surface area (Å²) in [7, 11) is 0. The first-order valence-electron chi connectivity index (χ1n) is 9.95. The van der Waals surface area contributed by atoms with Gasteiger partial charge in [-0.25, -0.2) is 9.97 Å². The van der Waals surface area contributed by atoms with Gasteiger partial charge < -0.3 is 9.97 Å². The molecular formula is C22H18ClN5O2S2. The highest BCUT2D eigenvalue weighted by Crippen LogP contribution is 2.17. The van der Waals surface area contributed by atoms with E-state index in [9.17, 15) is 9.59 Å². The predicted octanol–water partition coefficient (Wildman–Crippen LogP) is 4.18. The summed E-state index contributed by atoms with van der Waals surface area (Å²) in [5, 5.41) is 4.42. The summed E-state index contributed by atoms with van der Waals surface area (Å²) in [5.41, 5.74) is 2.26. The van der Waals surface area contributed by atoms with Gasteiger partial charge in [-0.05, 0) is 47.0 Å². The largest absolute Gasteiger partial charge is 0.308 e. The Labute approximate surface area is 195 Å². The molecule has 4 aromatic heterocycles. The van der Waals surface area contributed by atoms with Gasteiger partial charge in [-0.1, -0.05) is 23.7 Å². The van der Waals surface area contributed by atoms with Crippen molar-refractivity contribution in [1.82, 2.24) is 24.8 Å². The van der Waals surface area contributed by atoms with Crippen LogP contribution < -0.4 is 11.1 Å². The van der Waals surface area contributed by atoms with E-state index in [0.717, 1.165) is 12.0 Å². The molecule has 32 heavy (non-hydrogen) atoms. The molecule has 0 saturated heterocycles. The van der Waals surface area contributed by atoms with Gasteiger partial charge in [0.15, 0.2) is 0 Å². The van der Waals surface area contributed by atoms with Crippen LogP contribution in [0.15, 0.2) is 56.7 Å². The standard InChI is InChI=1S/C22H18ClN5O2S2/c23-14-3-1-13(2-4-14)5-8-28(11-17-24-15-6-9-31-19(15)21(29)26-17)12-18-25-16-7-10-32-20(16)22(30)27-18/h1-4,6-7,9-10H,5,8,11-12H2,(H,24,26,29)(H,25,27,30). The normalized spacial score (nSPS) is 11.7. The Morgan fingerprint density at radius 1 is 0.812 bits per heavy atom. The smallest absolute Gasteiger partial charge is 0.268 e. The van der Waals surface area contributed by atoms with Gasteiger partial charge in [-0.2, -0.15) is 0 Å². The maximum atomic E-state index is 12.4. The molecule has 0 aliphatic heterocycles. The molecule has 162 valence electrons. The van der Waals surface area contributed by atoms with Gasteiger partial charge in [0.1, 0.15) is 21.0 Å². The molecule has 0 radical (unpaired) electrons. The number of H-pyrrole nitrogens is 2. The Morgan fingerprint density at radius 2 is 1.34 bits per heavy atom. The Morgan fingerprint density at radius 3 is 1.88 bits per heavy atom. The number of fused-ring (bicyclic) bond motifs is 2. The van der Waals surface area contributed by atoms with Gasteiger partial charge in [-0.3, -0.25) is 14.5 Å². The Kier molecular flexibility index (Phi) is 5.88. The molecule has 0 aliphatic rings. The number of thiophene rings is 2. The fourth-order valence-corrected chi connectivity index (χ4v) is 5.15. The van der Waals surface area contributed by atoms with E-state index in [-0.39, 0.29) is 11.1 Å². The van der Waals surface area contributed by atoms with E-state index in [4.69, 9.17) is 11.6 Å². The number of aromatic nitrogens is 4. The zero-order valence-corrected chi connectivity index (χ0v) is 19.2. The van der Waals surface area contributed by atoms with E-state index in [2.05, 4.69) is 24.8 Å². The number of aromatic amines is 2. The number of halogens is 1. The van der Waals surface area contributed by atoms with Crippen LogP contribution in [0.4, 0.5) is 0 Å². The Balaban J connectivity index is 1.42. The van der Waals surface area contributed by atoms with E-state index in [0.29, 0.717) is 56.7 Å². The molecule has 7 nitrogen and oxygen atoms in total. The minimum atomic E-state index is -0.135. The fourth-order valence-electron chi connectivity index (χ4n) is 3.57. The lowest BCUT2D eigenvalue weighted by Gasteiger charge is -2.21. The van der Waals surface area contributed by atoms with Crippen molar-refractivity contribution in [2.45, 2.75) is 19.5 Å². The van der Waals surface area contributed by atoms with Crippen LogP contribution in [0.25, 0.3) is 20.4 Å². The van der Waals surface area contributed by atoms with Gasteiger partial charge in [-0.15, -0.1) is 22.7 Å². The second-order valence-corrected chi connectivity index (χ2v) is 9.65. The van der Waals surface area contributed by atoms with Gasteiger partial charge in [0.25, 0.3) is 11.1 Å². The van der Waals surface area contributed by atoms with E-state index < -0.39 is 0 Å². The molecule has 0 atom stereocenters. The van der Waals surface area contributed by atoms with E-state index >= 15 is 0 Å². The van der Waals surface area contributed by atoms with Crippen LogP contribution in [-0.2, 0) is 19.5 Å². The van der Waals surface area contributed by atoms with Crippen molar-refractivity contribution in [3.05, 3.63) is 90.1 Å². The molecule has 2 N–H and O–H groups in total. The molecule has 0 fully saturated rings. The maximum Gasteiger partial charge on any atom is 0.268 e. The van der Waals surface area contributed by atoms with Gasteiger partial charge in [0.2, 0.25) is 0 Å². The molecule has 5 aromatic rings. The zero-order chi connectivity index (χ0) is 22.1. The van der Waals surface area contributed by atoms with Crippen molar-refractivity contribution in [2.24, 2.45) is 0 Å². The van der Waals surface area contributed by atoms with E-state index in [1.54, 1.807) is 0 Å². The summed E-state index contributed by atoms with van der Waals surface area (Å²) in [6.45, 7) is 1.51. The monoisotopic (exact) mass is 483 g/mol.